The van der Waals surface area contributed by atoms with Gasteiger partial charge in [0.15, 0.2) is 5.96 Å². The Hall–Kier alpha value is -1.58. The fraction of sp³-hybridized carbons (Fsp3) is 0.500. The Morgan fingerprint density at radius 2 is 2.23 bits per heavy atom. The molecule has 0 bridgehead atoms. The smallest absolute Gasteiger partial charge is 0.191 e. The first-order valence-corrected chi connectivity index (χ1v) is 7.24. The van der Waals surface area contributed by atoms with Crippen molar-refractivity contribution in [1.29, 1.82) is 0 Å². The maximum Gasteiger partial charge on any atom is 0.191 e. The van der Waals surface area contributed by atoms with Gasteiger partial charge in [-0.2, -0.15) is 0 Å². The fourth-order valence-electron chi connectivity index (χ4n) is 1.94. The molecule has 0 amide bonds. The van der Waals surface area contributed by atoms with Gasteiger partial charge in [-0.15, -0.1) is 34.2 Å². The molecule has 2 aromatic heterocycles. The molecule has 8 heteroatoms. The third kappa shape index (κ3) is 5.66. The van der Waals surface area contributed by atoms with Gasteiger partial charge in [0.1, 0.15) is 24.5 Å². The van der Waals surface area contributed by atoms with E-state index in [2.05, 4.69) is 32.7 Å². The molecule has 0 atom stereocenters. The minimum atomic E-state index is 0. The number of nitrogens with one attached hydrogen (secondary N) is 2. The van der Waals surface area contributed by atoms with Gasteiger partial charge in [-0.1, -0.05) is 6.92 Å². The molecule has 0 aliphatic carbocycles. The van der Waals surface area contributed by atoms with E-state index in [4.69, 9.17) is 4.42 Å². The van der Waals surface area contributed by atoms with Crippen LogP contribution in [0.15, 0.2) is 34.1 Å². The highest BCUT2D eigenvalue weighted by molar-refractivity contribution is 14.0. The van der Waals surface area contributed by atoms with Crippen LogP contribution in [0.5, 0.6) is 0 Å². The van der Waals surface area contributed by atoms with Crippen LogP contribution in [0.4, 0.5) is 0 Å². The Balaban J connectivity index is 0.00000242. The molecule has 2 rings (SSSR count). The molecule has 0 saturated heterocycles. The van der Waals surface area contributed by atoms with Crippen molar-refractivity contribution in [1.82, 2.24) is 25.4 Å². The average molecular weight is 418 g/mol. The van der Waals surface area contributed by atoms with Crippen molar-refractivity contribution in [3.05, 3.63) is 36.3 Å². The quantitative estimate of drug-likeness (QED) is 0.407. The summed E-state index contributed by atoms with van der Waals surface area (Å²) in [5, 5.41) is 14.5. The summed E-state index contributed by atoms with van der Waals surface area (Å²) in [5.41, 5.74) is 0. The molecule has 0 saturated carbocycles. The topological polar surface area (TPSA) is 80.3 Å². The number of aliphatic imine (C=N–C) groups is 1. The number of aromatic nitrogens is 3. The second-order valence-electron chi connectivity index (χ2n) is 4.50. The summed E-state index contributed by atoms with van der Waals surface area (Å²) >= 11 is 0. The van der Waals surface area contributed by atoms with Crippen molar-refractivity contribution in [3.63, 3.8) is 0 Å². The zero-order valence-electron chi connectivity index (χ0n) is 13.0. The number of hydrogen-bond donors (Lipinski definition) is 2. The molecular weight excluding hydrogens is 395 g/mol. The molecule has 0 aliphatic rings. The van der Waals surface area contributed by atoms with Crippen LogP contribution < -0.4 is 10.6 Å². The first-order chi connectivity index (χ1) is 10.3. The van der Waals surface area contributed by atoms with Gasteiger partial charge in [0.2, 0.25) is 0 Å². The molecule has 122 valence electrons. The summed E-state index contributed by atoms with van der Waals surface area (Å²) in [6.07, 6.45) is 4.30. The van der Waals surface area contributed by atoms with E-state index in [1.165, 1.54) is 0 Å². The minimum Gasteiger partial charge on any atom is -0.467 e. The summed E-state index contributed by atoms with van der Waals surface area (Å²) in [4.78, 5) is 4.48. The van der Waals surface area contributed by atoms with E-state index in [1.807, 2.05) is 23.6 Å². The lowest BCUT2D eigenvalue weighted by Crippen LogP contribution is -2.38. The molecule has 2 heterocycles. The van der Waals surface area contributed by atoms with Gasteiger partial charge in [0.05, 0.1) is 6.26 Å². The lowest BCUT2D eigenvalue weighted by molar-refractivity contribution is 0.511. The predicted molar refractivity (Wildman–Crippen MR) is 96.3 cm³/mol. The molecule has 0 radical (unpaired) electrons. The Bertz CT molecular complexity index is 551. The van der Waals surface area contributed by atoms with E-state index in [0.29, 0.717) is 6.54 Å². The molecule has 7 nitrogen and oxygen atoms in total. The number of hydrogen-bond acceptors (Lipinski definition) is 4. The summed E-state index contributed by atoms with van der Waals surface area (Å²) in [6.45, 7) is 7.02. The molecule has 0 aliphatic heterocycles. The SMILES string of the molecule is CCNC(=NCc1ccco1)NCCn1cnnc1CC.I. The van der Waals surface area contributed by atoms with Crippen molar-refractivity contribution in [2.75, 3.05) is 13.1 Å². The van der Waals surface area contributed by atoms with Gasteiger partial charge in [-0.3, -0.25) is 0 Å². The van der Waals surface area contributed by atoms with Gasteiger partial charge < -0.3 is 19.6 Å². The lowest BCUT2D eigenvalue weighted by Gasteiger charge is -2.11. The van der Waals surface area contributed by atoms with E-state index < -0.39 is 0 Å². The second-order valence-corrected chi connectivity index (χ2v) is 4.50. The highest BCUT2D eigenvalue weighted by Crippen LogP contribution is 2.01. The Labute approximate surface area is 147 Å². The van der Waals surface area contributed by atoms with E-state index in [9.17, 15) is 0 Å². The number of rotatable bonds is 7. The number of aryl methyl sites for hydroxylation is 1. The average Bonchev–Trinajstić information content (AvgIpc) is 3.16. The summed E-state index contributed by atoms with van der Waals surface area (Å²) in [6, 6.07) is 3.78. The molecule has 2 aromatic rings. The van der Waals surface area contributed by atoms with Crippen LogP contribution in [-0.2, 0) is 19.5 Å². The zero-order chi connectivity index (χ0) is 14.9. The largest absolute Gasteiger partial charge is 0.467 e. The third-order valence-corrected chi connectivity index (χ3v) is 2.97. The van der Waals surface area contributed by atoms with Gasteiger partial charge in [0, 0.05) is 26.1 Å². The number of halogens is 1. The van der Waals surface area contributed by atoms with Crippen molar-refractivity contribution < 1.29 is 4.42 Å². The fourth-order valence-corrected chi connectivity index (χ4v) is 1.94. The van der Waals surface area contributed by atoms with Crippen LogP contribution >= 0.6 is 24.0 Å². The molecule has 0 fully saturated rings. The van der Waals surface area contributed by atoms with Crippen LogP contribution in [0.25, 0.3) is 0 Å². The van der Waals surface area contributed by atoms with E-state index in [0.717, 1.165) is 43.6 Å². The summed E-state index contributed by atoms with van der Waals surface area (Å²) in [5.74, 6) is 2.62. The summed E-state index contributed by atoms with van der Waals surface area (Å²) in [7, 11) is 0. The van der Waals surface area contributed by atoms with Crippen LogP contribution in [0.2, 0.25) is 0 Å². The molecular formula is C14H23IN6O. The summed E-state index contributed by atoms with van der Waals surface area (Å²) < 4.78 is 7.32. The molecule has 0 unspecified atom stereocenters. The van der Waals surface area contributed by atoms with Crippen molar-refractivity contribution >= 4 is 29.9 Å². The number of furan rings is 1. The Morgan fingerprint density at radius 1 is 1.36 bits per heavy atom. The highest BCUT2D eigenvalue weighted by Gasteiger charge is 2.02. The second kappa shape index (κ2) is 10.2. The van der Waals surface area contributed by atoms with Crippen LogP contribution in [-0.4, -0.2) is 33.8 Å². The van der Waals surface area contributed by atoms with E-state index >= 15 is 0 Å². The monoisotopic (exact) mass is 418 g/mol. The standard InChI is InChI=1S/C14H22N6O.HI/c1-3-13-19-18-11-20(13)8-7-16-14(15-4-2)17-10-12-6-5-9-21-12;/h5-6,9,11H,3-4,7-8,10H2,1-2H3,(H2,15,16,17);1H. The highest BCUT2D eigenvalue weighted by atomic mass is 127. The van der Waals surface area contributed by atoms with Crippen molar-refractivity contribution in [2.24, 2.45) is 4.99 Å². The van der Waals surface area contributed by atoms with Crippen LogP contribution in [0.1, 0.15) is 25.4 Å². The first kappa shape index (κ1) is 18.5. The molecule has 22 heavy (non-hydrogen) atoms. The van der Waals surface area contributed by atoms with Crippen molar-refractivity contribution in [3.8, 4) is 0 Å². The lowest BCUT2D eigenvalue weighted by atomic mass is 10.4. The van der Waals surface area contributed by atoms with Gasteiger partial charge >= 0.3 is 0 Å². The molecule has 0 spiro atoms. The van der Waals surface area contributed by atoms with Crippen LogP contribution in [0, 0.1) is 0 Å². The third-order valence-electron chi connectivity index (χ3n) is 2.97. The maximum atomic E-state index is 5.27. The Kier molecular flexibility index (Phi) is 8.56. The van der Waals surface area contributed by atoms with Gasteiger partial charge in [-0.25, -0.2) is 4.99 Å². The number of nitrogens with zero attached hydrogens (tertiary/aromatic N) is 4. The van der Waals surface area contributed by atoms with Gasteiger partial charge in [-0.05, 0) is 19.1 Å². The Morgan fingerprint density at radius 3 is 2.91 bits per heavy atom. The minimum absolute atomic E-state index is 0. The normalized spacial score (nSPS) is 11.1. The molecule has 2 N–H and O–H groups in total. The first-order valence-electron chi connectivity index (χ1n) is 7.24. The predicted octanol–water partition coefficient (Wildman–Crippen LogP) is 1.81. The van der Waals surface area contributed by atoms with Crippen molar-refractivity contribution in [2.45, 2.75) is 33.4 Å². The van der Waals surface area contributed by atoms with Crippen LogP contribution in [0.3, 0.4) is 0 Å². The molecule has 0 aromatic carbocycles. The maximum absolute atomic E-state index is 5.27. The van der Waals surface area contributed by atoms with Gasteiger partial charge in [0.25, 0.3) is 0 Å². The zero-order valence-corrected chi connectivity index (χ0v) is 15.3. The van der Waals surface area contributed by atoms with E-state index in [1.54, 1.807) is 12.6 Å². The number of guanidine groups is 1. The van der Waals surface area contributed by atoms with E-state index in [-0.39, 0.29) is 24.0 Å².